The van der Waals surface area contributed by atoms with Crippen LogP contribution in [-0.2, 0) is 6.54 Å². The van der Waals surface area contributed by atoms with E-state index in [1.165, 1.54) is 11.3 Å². The van der Waals surface area contributed by atoms with Gasteiger partial charge in [-0.2, -0.15) is 0 Å². The fourth-order valence-electron chi connectivity index (χ4n) is 1.59. The number of hydrogen-bond acceptors (Lipinski definition) is 3. The van der Waals surface area contributed by atoms with Crippen LogP contribution in [0.5, 0.6) is 0 Å². The minimum atomic E-state index is 0.684. The Kier molecular flexibility index (Phi) is 5.26. The molecular weight excluding hydrogens is 198 g/mol. The molecule has 0 spiro atoms. The quantitative estimate of drug-likeness (QED) is 0.799. The van der Waals surface area contributed by atoms with E-state index in [-0.39, 0.29) is 0 Å². The van der Waals surface area contributed by atoms with Crippen LogP contribution in [0.2, 0.25) is 0 Å². The van der Waals surface area contributed by atoms with E-state index in [1.807, 2.05) is 12.4 Å². The molecule has 1 aromatic heterocycles. The monoisotopic (exact) mass is 221 g/mol. The first-order valence-electron chi connectivity index (χ1n) is 5.99. The Bertz CT molecular complexity index is 310. The predicted molar refractivity (Wildman–Crippen MR) is 69.7 cm³/mol. The molecule has 0 aliphatic carbocycles. The molecule has 0 fully saturated rings. The van der Waals surface area contributed by atoms with Gasteiger partial charge in [-0.3, -0.25) is 4.98 Å². The summed E-state index contributed by atoms with van der Waals surface area (Å²) in [7, 11) is 2.11. The summed E-state index contributed by atoms with van der Waals surface area (Å²) in [4.78, 5) is 6.44. The summed E-state index contributed by atoms with van der Waals surface area (Å²) in [6.07, 6.45) is 3.81. The molecule has 0 saturated heterocycles. The molecular formula is C13H23N3. The van der Waals surface area contributed by atoms with Crippen molar-refractivity contribution in [2.45, 2.75) is 27.3 Å². The third-order valence-corrected chi connectivity index (χ3v) is 2.63. The van der Waals surface area contributed by atoms with E-state index in [0.29, 0.717) is 5.92 Å². The minimum absolute atomic E-state index is 0.684. The molecule has 1 rings (SSSR count). The van der Waals surface area contributed by atoms with Crippen LogP contribution in [0, 0.1) is 5.92 Å². The highest BCUT2D eigenvalue weighted by Gasteiger charge is 2.05. The molecule has 0 unspecified atom stereocenters. The van der Waals surface area contributed by atoms with Gasteiger partial charge in [0.05, 0.1) is 0 Å². The first-order chi connectivity index (χ1) is 7.65. The van der Waals surface area contributed by atoms with E-state index in [0.717, 1.165) is 19.6 Å². The van der Waals surface area contributed by atoms with Crippen molar-refractivity contribution in [2.24, 2.45) is 5.92 Å². The van der Waals surface area contributed by atoms with Crippen LogP contribution >= 0.6 is 0 Å². The van der Waals surface area contributed by atoms with Gasteiger partial charge in [0.1, 0.15) is 0 Å². The highest BCUT2D eigenvalue weighted by Crippen LogP contribution is 2.17. The summed E-state index contributed by atoms with van der Waals surface area (Å²) in [6.45, 7) is 9.55. The van der Waals surface area contributed by atoms with Gasteiger partial charge >= 0.3 is 0 Å². The molecule has 0 amide bonds. The Morgan fingerprint density at radius 1 is 1.44 bits per heavy atom. The third-order valence-electron chi connectivity index (χ3n) is 2.63. The number of hydrogen-bond donors (Lipinski definition) is 1. The van der Waals surface area contributed by atoms with Gasteiger partial charge < -0.3 is 10.2 Å². The van der Waals surface area contributed by atoms with Crippen LogP contribution in [0.25, 0.3) is 0 Å². The second-order valence-corrected chi connectivity index (χ2v) is 4.54. The van der Waals surface area contributed by atoms with Crippen molar-refractivity contribution in [2.75, 3.05) is 25.0 Å². The van der Waals surface area contributed by atoms with Crippen molar-refractivity contribution in [3.8, 4) is 0 Å². The molecule has 0 saturated carbocycles. The number of pyridine rings is 1. The van der Waals surface area contributed by atoms with E-state index >= 15 is 0 Å². The second-order valence-electron chi connectivity index (χ2n) is 4.54. The molecule has 3 nitrogen and oxygen atoms in total. The molecule has 1 N–H and O–H groups in total. The standard InChI is InChI=1S/C13H23N3/c1-5-16(4)13-6-7-14-9-12(13)10-15-8-11(2)3/h6-7,9,11,15H,5,8,10H2,1-4H3. The van der Waals surface area contributed by atoms with Crippen LogP contribution in [-0.4, -0.2) is 25.1 Å². The third kappa shape index (κ3) is 3.81. The molecule has 3 heteroatoms. The zero-order valence-corrected chi connectivity index (χ0v) is 10.8. The molecule has 0 radical (unpaired) electrons. The second kappa shape index (κ2) is 6.48. The Morgan fingerprint density at radius 3 is 2.81 bits per heavy atom. The van der Waals surface area contributed by atoms with E-state index in [9.17, 15) is 0 Å². The lowest BCUT2D eigenvalue weighted by molar-refractivity contribution is 0.551. The number of aromatic nitrogens is 1. The van der Waals surface area contributed by atoms with Gasteiger partial charge in [0.2, 0.25) is 0 Å². The molecule has 90 valence electrons. The van der Waals surface area contributed by atoms with Crippen LogP contribution < -0.4 is 10.2 Å². The van der Waals surface area contributed by atoms with E-state index in [4.69, 9.17) is 0 Å². The Balaban J connectivity index is 2.64. The summed E-state index contributed by atoms with van der Waals surface area (Å²) >= 11 is 0. The summed E-state index contributed by atoms with van der Waals surface area (Å²) in [5.41, 5.74) is 2.54. The molecule has 16 heavy (non-hydrogen) atoms. The summed E-state index contributed by atoms with van der Waals surface area (Å²) in [5, 5.41) is 3.45. The van der Waals surface area contributed by atoms with Crippen molar-refractivity contribution in [1.82, 2.24) is 10.3 Å². The number of rotatable bonds is 6. The SMILES string of the molecule is CCN(C)c1ccncc1CNCC(C)C. The zero-order chi connectivity index (χ0) is 12.0. The molecule has 1 aromatic rings. The van der Waals surface area contributed by atoms with Crippen LogP contribution in [0.1, 0.15) is 26.3 Å². The van der Waals surface area contributed by atoms with Crippen molar-refractivity contribution >= 4 is 5.69 Å². The highest BCUT2D eigenvalue weighted by atomic mass is 15.1. The summed E-state index contributed by atoms with van der Waals surface area (Å²) in [5.74, 6) is 0.684. The normalized spacial score (nSPS) is 10.8. The van der Waals surface area contributed by atoms with E-state index < -0.39 is 0 Å². The molecule has 0 aromatic carbocycles. The summed E-state index contributed by atoms with van der Waals surface area (Å²) < 4.78 is 0. The topological polar surface area (TPSA) is 28.2 Å². The lowest BCUT2D eigenvalue weighted by Gasteiger charge is -2.20. The number of nitrogens with one attached hydrogen (secondary N) is 1. The summed E-state index contributed by atoms with van der Waals surface area (Å²) in [6, 6.07) is 2.08. The van der Waals surface area contributed by atoms with Gasteiger partial charge in [-0.1, -0.05) is 13.8 Å². The van der Waals surface area contributed by atoms with Crippen LogP contribution in [0.15, 0.2) is 18.5 Å². The van der Waals surface area contributed by atoms with Crippen LogP contribution in [0.3, 0.4) is 0 Å². The Hall–Kier alpha value is -1.09. The largest absolute Gasteiger partial charge is 0.375 e. The van der Waals surface area contributed by atoms with Gasteiger partial charge in [0, 0.05) is 43.8 Å². The lowest BCUT2D eigenvalue weighted by atomic mass is 10.2. The van der Waals surface area contributed by atoms with Crippen LogP contribution in [0.4, 0.5) is 5.69 Å². The molecule has 0 aliphatic rings. The maximum Gasteiger partial charge on any atom is 0.0440 e. The van der Waals surface area contributed by atoms with Gasteiger partial charge in [0.15, 0.2) is 0 Å². The van der Waals surface area contributed by atoms with E-state index in [2.05, 4.69) is 49.1 Å². The number of nitrogens with zero attached hydrogens (tertiary/aromatic N) is 2. The lowest BCUT2D eigenvalue weighted by Crippen LogP contribution is -2.23. The first-order valence-corrected chi connectivity index (χ1v) is 5.99. The van der Waals surface area contributed by atoms with Crippen molar-refractivity contribution in [1.29, 1.82) is 0 Å². The predicted octanol–water partition coefficient (Wildman–Crippen LogP) is 2.28. The molecule has 0 aliphatic heterocycles. The first kappa shape index (κ1) is 13.0. The van der Waals surface area contributed by atoms with Gasteiger partial charge in [-0.15, -0.1) is 0 Å². The van der Waals surface area contributed by atoms with Gasteiger partial charge in [0.25, 0.3) is 0 Å². The highest BCUT2D eigenvalue weighted by molar-refractivity contribution is 5.51. The minimum Gasteiger partial charge on any atom is -0.375 e. The smallest absolute Gasteiger partial charge is 0.0440 e. The van der Waals surface area contributed by atoms with Gasteiger partial charge in [-0.25, -0.2) is 0 Å². The average Bonchev–Trinajstić information content (AvgIpc) is 2.28. The fourth-order valence-corrected chi connectivity index (χ4v) is 1.59. The fraction of sp³-hybridized carbons (Fsp3) is 0.615. The number of anilines is 1. The average molecular weight is 221 g/mol. The van der Waals surface area contributed by atoms with Crippen molar-refractivity contribution in [3.63, 3.8) is 0 Å². The molecule has 0 bridgehead atoms. The van der Waals surface area contributed by atoms with Crippen molar-refractivity contribution < 1.29 is 0 Å². The Morgan fingerprint density at radius 2 is 2.19 bits per heavy atom. The maximum absolute atomic E-state index is 4.19. The molecule has 0 atom stereocenters. The van der Waals surface area contributed by atoms with Crippen molar-refractivity contribution in [3.05, 3.63) is 24.0 Å². The Labute approximate surface area is 98.9 Å². The zero-order valence-electron chi connectivity index (χ0n) is 10.8. The molecule has 1 heterocycles. The van der Waals surface area contributed by atoms with E-state index in [1.54, 1.807) is 0 Å². The van der Waals surface area contributed by atoms with Gasteiger partial charge in [-0.05, 0) is 25.5 Å². The maximum atomic E-state index is 4.19.